The van der Waals surface area contributed by atoms with Crippen molar-refractivity contribution >= 4 is 0 Å². The quantitative estimate of drug-likeness (QED) is 0.421. The Hall–Kier alpha value is -3.61. The maximum atomic E-state index is 10.8. The van der Waals surface area contributed by atoms with Crippen LogP contribution in [0.25, 0.3) is 11.3 Å². The minimum atomic E-state index is -0.556. The summed E-state index contributed by atoms with van der Waals surface area (Å²) in [5.41, 5.74) is 6.35. The van der Waals surface area contributed by atoms with Gasteiger partial charge in [0.25, 0.3) is 0 Å². The van der Waals surface area contributed by atoms with E-state index in [9.17, 15) is 5.11 Å². The number of hydrogen-bond donors (Lipinski definition) is 2. The molecule has 0 spiro atoms. The zero-order chi connectivity index (χ0) is 23.3. The van der Waals surface area contributed by atoms with Gasteiger partial charge in [-0.2, -0.15) is 5.10 Å². The van der Waals surface area contributed by atoms with Crippen molar-refractivity contribution < 1.29 is 14.6 Å². The van der Waals surface area contributed by atoms with Gasteiger partial charge in [0.15, 0.2) is 0 Å². The van der Waals surface area contributed by atoms with Crippen molar-refractivity contribution in [2.75, 3.05) is 20.3 Å². The number of nitrogens with zero attached hydrogens (tertiary/aromatic N) is 2. The van der Waals surface area contributed by atoms with Gasteiger partial charge in [-0.05, 0) is 47.5 Å². The van der Waals surface area contributed by atoms with E-state index < -0.39 is 6.10 Å². The molecule has 2 heterocycles. The molecule has 4 aromatic rings. The third-order valence-corrected chi connectivity index (χ3v) is 6.29. The molecule has 0 radical (unpaired) electrons. The van der Waals surface area contributed by atoms with E-state index in [-0.39, 0.29) is 0 Å². The third-order valence-electron chi connectivity index (χ3n) is 6.29. The average molecular weight is 456 g/mol. The van der Waals surface area contributed by atoms with Crippen LogP contribution in [0.1, 0.15) is 28.4 Å². The summed E-state index contributed by atoms with van der Waals surface area (Å²) in [5, 5.41) is 18.3. The number of aliphatic hydroxyl groups excluding tert-OH is 1. The molecule has 0 bridgehead atoms. The predicted octanol–water partition coefficient (Wildman–Crippen LogP) is 4.76. The number of ether oxygens (including phenoxy) is 2. The molecule has 174 valence electrons. The molecule has 3 aromatic carbocycles. The van der Waals surface area contributed by atoms with Crippen LogP contribution < -0.4 is 9.47 Å². The Morgan fingerprint density at radius 1 is 1.09 bits per heavy atom. The van der Waals surface area contributed by atoms with Gasteiger partial charge >= 0.3 is 0 Å². The minimum absolute atomic E-state index is 0.556. The molecule has 1 atom stereocenters. The van der Waals surface area contributed by atoms with Crippen molar-refractivity contribution in [2.24, 2.45) is 0 Å². The lowest BCUT2D eigenvalue weighted by Crippen LogP contribution is -2.25. The highest BCUT2D eigenvalue weighted by atomic mass is 16.5. The number of fused-ring (bicyclic) bond motifs is 1. The van der Waals surface area contributed by atoms with Gasteiger partial charge in [-0.3, -0.25) is 10.00 Å². The summed E-state index contributed by atoms with van der Waals surface area (Å²) in [6.45, 7) is 2.92. The normalized spacial score (nSPS) is 14.6. The summed E-state index contributed by atoms with van der Waals surface area (Å²) < 4.78 is 11.3. The Bertz CT molecular complexity index is 1220. The molecule has 2 N–H and O–H groups in total. The van der Waals surface area contributed by atoms with E-state index in [1.165, 1.54) is 0 Å². The van der Waals surface area contributed by atoms with Gasteiger partial charge < -0.3 is 14.6 Å². The van der Waals surface area contributed by atoms with Gasteiger partial charge in [0.05, 0.1) is 25.1 Å². The lowest BCUT2D eigenvalue weighted by molar-refractivity contribution is 0.178. The first-order chi connectivity index (χ1) is 16.7. The molecule has 0 fully saturated rings. The molecule has 1 aliphatic heterocycles. The van der Waals surface area contributed by atoms with Crippen LogP contribution in [-0.4, -0.2) is 40.5 Å². The lowest BCUT2D eigenvalue weighted by atomic mass is 9.99. The first-order valence-electron chi connectivity index (χ1n) is 11.6. The summed E-state index contributed by atoms with van der Waals surface area (Å²) in [6, 6.07) is 24.1. The molecule has 0 aliphatic carbocycles. The van der Waals surface area contributed by atoms with Crippen molar-refractivity contribution in [2.45, 2.75) is 25.6 Å². The number of aromatic nitrogens is 2. The highest BCUT2D eigenvalue weighted by Gasteiger charge is 2.20. The predicted molar refractivity (Wildman–Crippen MR) is 132 cm³/mol. The van der Waals surface area contributed by atoms with E-state index in [0.29, 0.717) is 13.0 Å². The molecule has 0 amide bonds. The van der Waals surface area contributed by atoms with Gasteiger partial charge in [-0.25, -0.2) is 0 Å². The molecule has 34 heavy (non-hydrogen) atoms. The number of rotatable bonds is 7. The molecular weight excluding hydrogens is 426 g/mol. The second-order valence-corrected chi connectivity index (χ2v) is 8.63. The third kappa shape index (κ3) is 4.98. The Balaban J connectivity index is 1.32. The number of nitrogens with one attached hydrogen (secondary N) is 1. The van der Waals surface area contributed by atoms with E-state index >= 15 is 0 Å². The monoisotopic (exact) mass is 455 g/mol. The first-order valence-corrected chi connectivity index (χ1v) is 11.6. The van der Waals surface area contributed by atoms with Crippen LogP contribution in [0.15, 0.2) is 79.0 Å². The lowest BCUT2D eigenvalue weighted by Gasteiger charge is -2.20. The second-order valence-electron chi connectivity index (χ2n) is 8.63. The van der Waals surface area contributed by atoms with Gasteiger partial charge in [-0.1, -0.05) is 36.4 Å². The number of aromatic amines is 1. The molecular formula is C28H29N3O3. The Morgan fingerprint density at radius 3 is 2.71 bits per heavy atom. The molecule has 1 aliphatic rings. The van der Waals surface area contributed by atoms with E-state index in [1.807, 2.05) is 72.9 Å². The molecule has 0 saturated heterocycles. The van der Waals surface area contributed by atoms with Crippen molar-refractivity contribution in [3.05, 3.63) is 101 Å². The van der Waals surface area contributed by atoms with E-state index in [4.69, 9.17) is 9.47 Å². The van der Waals surface area contributed by atoms with Gasteiger partial charge in [0, 0.05) is 42.7 Å². The SMILES string of the molecule is COc1ccc(-c2[nH]ncc2CN2CCOc3ccc(C(O)Cc4ccccc4)cc3C2)cc1. The van der Waals surface area contributed by atoms with Crippen LogP contribution in [0, 0.1) is 0 Å². The number of hydrogen-bond acceptors (Lipinski definition) is 5. The van der Waals surface area contributed by atoms with Crippen LogP contribution in [-0.2, 0) is 19.5 Å². The number of aliphatic hydroxyl groups is 1. The summed E-state index contributed by atoms with van der Waals surface area (Å²) in [4.78, 5) is 2.36. The van der Waals surface area contributed by atoms with Crippen LogP contribution >= 0.6 is 0 Å². The van der Waals surface area contributed by atoms with E-state index in [2.05, 4.69) is 21.2 Å². The smallest absolute Gasteiger partial charge is 0.123 e. The highest BCUT2D eigenvalue weighted by Crippen LogP contribution is 2.30. The standard InChI is InChI=1S/C28H29N3O3/c1-33-25-10-7-21(8-11-25)28-24(17-29-30-28)19-31-13-14-34-27-12-9-22(16-23(27)18-31)26(32)15-20-5-3-2-4-6-20/h2-12,16-17,26,32H,13-15,18-19H2,1H3,(H,29,30). The average Bonchev–Trinajstić information content (AvgIpc) is 3.23. The zero-order valence-corrected chi connectivity index (χ0v) is 19.3. The summed E-state index contributed by atoms with van der Waals surface area (Å²) >= 11 is 0. The van der Waals surface area contributed by atoms with Crippen LogP contribution in [0.3, 0.4) is 0 Å². The summed E-state index contributed by atoms with van der Waals surface area (Å²) in [5.74, 6) is 1.72. The van der Waals surface area contributed by atoms with Crippen molar-refractivity contribution in [1.82, 2.24) is 15.1 Å². The molecule has 5 rings (SSSR count). The second kappa shape index (κ2) is 10.1. The molecule has 6 nitrogen and oxygen atoms in total. The van der Waals surface area contributed by atoms with E-state index in [1.54, 1.807) is 7.11 Å². The largest absolute Gasteiger partial charge is 0.497 e. The molecule has 6 heteroatoms. The summed E-state index contributed by atoms with van der Waals surface area (Å²) in [7, 11) is 1.67. The molecule has 1 unspecified atom stereocenters. The van der Waals surface area contributed by atoms with Gasteiger partial charge in [-0.15, -0.1) is 0 Å². The van der Waals surface area contributed by atoms with Crippen molar-refractivity contribution in [1.29, 1.82) is 0 Å². The van der Waals surface area contributed by atoms with Crippen LogP contribution in [0.4, 0.5) is 0 Å². The maximum Gasteiger partial charge on any atom is 0.123 e. The summed E-state index contributed by atoms with van der Waals surface area (Å²) in [6.07, 6.45) is 1.93. The molecule has 0 saturated carbocycles. The minimum Gasteiger partial charge on any atom is -0.497 e. The Kier molecular flexibility index (Phi) is 6.60. The highest BCUT2D eigenvalue weighted by molar-refractivity contribution is 5.63. The maximum absolute atomic E-state index is 10.8. The fourth-order valence-corrected chi connectivity index (χ4v) is 4.45. The molecule has 1 aromatic heterocycles. The van der Waals surface area contributed by atoms with Crippen LogP contribution in [0.2, 0.25) is 0 Å². The first kappa shape index (κ1) is 22.2. The van der Waals surface area contributed by atoms with Crippen molar-refractivity contribution in [3.8, 4) is 22.8 Å². The topological polar surface area (TPSA) is 70.6 Å². The van der Waals surface area contributed by atoms with Crippen LogP contribution in [0.5, 0.6) is 11.5 Å². The fraction of sp³-hybridized carbons (Fsp3) is 0.250. The number of H-pyrrole nitrogens is 1. The van der Waals surface area contributed by atoms with Gasteiger partial charge in [0.1, 0.15) is 18.1 Å². The Labute approximate surface area is 199 Å². The fourth-order valence-electron chi connectivity index (χ4n) is 4.45. The van der Waals surface area contributed by atoms with Crippen molar-refractivity contribution in [3.63, 3.8) is 0 Å². The number of methoxy groups -OCH3 is 1. The number of benzene rings is 3. The zero-order valence-electron chi connectivity index (χ0n) is 19.3. The van der Waals surface area contributed by atoms with E-state index in [0.717, 1.165) is 64.6 Å². The van der Waals surface area contributed by atoms with Gasteiger partial charge in [0.2, 0.25) is 0 Å². The Morgan fingerprint density at radius 2 is 1.91 bits per heavy atom.